The average Bonchev–Trinajstić information content (AvgIpc) is 3.37. The Morgan fingerprint density at radius 1 is 0.923 bits per heavy atom. The van der Waals surface area contributed by atoms with Gasteiger partial charge in [0.2, 0.25) is 5.91 Å². The molecule has 2 aromatic rings. The molecule has 1 amide bonds. The molecule has 0 N–H and O–H groups in total. The monoisotopic (exact) mass is 351 g/mol. The van der Waals surface area contributed by atoms with E-state index in [-0.39, 0.29) is 5.91 Å². The first-order chi connectivity index (χ1) is 12.8. The third-order valence-electron chi connectivity index (χ3n) is 5.88. The van der Waals surface area contributed by atoms with Crippen molar-refractivity contribution in [2.45, 2.75) is 32.1 Å². The fourth-order valence-electron chi connectivity index (χ4n) is 4.27. The van der Waals surface area contributed by atoms with Crippen LogP contribution in [-0.2, 0) is 11.2 Å². The summed E-state index contributed by atoms with van der Waals surface area (Å²) in [6.07, 6.45) is 9.63. The van der Waals surface area contributed by atoms with Crippen molar-refractivity contribution in [3.63, 3.8) is 0 Å². The first-order valence-electron chi connectivity index (χ1n) is 10.0. The van der Waals surface area contributed by atoms with Crippen LogP contribution < -0.4 is 0 Å². The average molecular weight is 351 g/mol. The summed E-state index contributed by atoms with van der Waals surface area (Å²) in [7, 11) is 0. The summed E-state index contributed by atoms with van der Waals surface area (Å²) in [6.45, 7) is 5.65. The molecule has 3 heterocycles. The Morgan fingerprint density at radius 3 is 2.23 bits per heavy atom. The van der Waals surface area contributed by atoms with E-state index >= 15 is 0 Å². The maximum Gasteiger partial charge on any atom is 0.226 e. The van der Waals surface area contributed by atoms with Crippen LogP contribution in [-0.4, -0.2) is 53.0 Å². The van der Waals surface area contributed by atoms with Gasteiger partial charge in [-0.1, -0.05) is 12.1 Å². The second-order valence-electron chi connectivity index (χ2n) is 7.77. The standard InChI is InChI=1S/C22H29N3O/c26-22(17-19-5-7-21(8-6-19)24-13-3-4-14-24)25-15-9-20(10-16-25)18-23-11-1-2-12-23/h3-8,13-14,20H,1-2,9-12,15-18H2. The minimum absolute atomic E-state index is 0.276. The molecular formula is C22H29N3O. The molecule has 0 bridgehead atoms. The fraction of sp³-hybridized carbons (Fsp3) is 0.500. The van der Waals surface area contributed by atoms with Gasteiger partial charge >= 0.3 is 0 Å². The molecule has 2 saturated heterocycles. The third-order valence-corrected chi connectivity index (χ3v) is 5.88. The number of carbonyl (C=O) groups excluding carboxylic acids is 1. The topological polar surface area (TPSA) is 28.5 Å². The molecule has 1 aromatic carbocycles. The first kappa shape index (κ1) is 17.3. The lowest BCUT2D eigenvalue weighted by Gasteiger charge is -2.34. The van der Waals surface area contributed by atoms with Crippen molar-refractivity contribution < 1.29 is 4.79 Å². The van der Waals surface area contributed by atoms with Crippen LogP contribution in [0.25, 0.3) is 5.69 Å². The number of amides is 1. The Kier molecular flexibility index (Phi) is 5.40. The summed E-state index contributed by atoms with van der Waals surface area (Å²) in [5.41, 5.74) is 2.24. The molecule has 138 valence electrons. The van der Waals surface area contributed by atoms with Crippen LogP contribution >= 0.6 is 0 Å². The fourth-order valence-corrected chi connectivity index (χ4v) is 4.27. The SMILES string of the molecule is O=C(Cc1ccc(-n2cccc2)cc1)N1CCC(CN2CCCC2)CC1. The number of nitrogens with zero attached hydrogens (tertiary/aromatic N) is 3. The summed E-state index contributed by atoms with van der Waals surface area (Å²) in [4.78, 5) is 17.3. The largest absolute Gasteiger partial charge is 0.342 e. The van der Waals surface area contributed by atoms with Crippen molar-refractivity contribution in [1.29, 1.82) is 0 Å². The van der Waals surface area contributed by atoms with E-state index in [1.807, 2.05) is 24.5 Å². The van der Waals surface area contributed by atoms with E-state index in [1.54, 1.807) is 0 Å². The lowest BCUT2D eigenvalue weighted by atomic mass is 9.95. The van der Waals surface area contributed by atoms with Crippen molar-refractivity contribution in [3.05, 3.63) is 54.4 Å². The van der Waals surface area contributed by atoms with Crippen molar-refractivity contribution in [1.82, 2.24) is 14.4 Å². The molecule has 4 heteroatoms. The zero-order valence-corrected chi connectivity index (χ0v) is 15.5. The van der Waals surface area contributed by atoms with Crippen LogP contribution in [0.1, 0.15) is 31.2 Å². The van der Waals surface area contributed by atoms with Gasteiger partial charge in [-0.3, -0.25) is 4.79 Å². The molecule has 0 saturated carbocycles. The Bertz CT molecular complexity index is 693. The highest BCUT2D eigenvalue weighted by atomic mass is 16.2. The summed E-state index contributed by atoms with van der Waals surface area (Å²) in [6, 6.07) is 12.4. The Hall–Kier alpha value is -2.07. The molecule has 4 rings (SSSR count). The van der Waals surface area contributed by atoms with E-state index in [4.69, 9.17) is 0 Å². The molecule has 0 unspecified atom stereocenters. The predicted octanol–water partition coefficient (Wildman–Crippen LogP) is 3.35. The second-order valence-corrected chi connectivity index (χ2v) is 7.77. The smallest absolute Gasteiger partial charge is 0.226 e. The van der Waals surface area contributed by atoms with Gasteiger partial charge in [-0.2, -0.15) is 0 Å². The van der Waals surface area contributed by atoms with Crippen molar-refractivity contribution >= 4 is 5.91 Å². The quantitative estimate of drug-likeness (QED) is 0.826. The normalized spacial score (nSPS) is 19.2. The summed E-state index contributed by atoms with van der Waals surface area (Å²) in [5, 5.41) is 0. The lowest BCUT2D eigenvalue weighted by Crippen LogP contribution is -2.41. The van der Waals surface area contributed by atoms with E-state index in [0.717, 1.165) is 43.1 Å². The van der Waals surface area contributed by atoms with Crippen molar-refractivity contribution in [2.75, 3.05) is 32.7 Å². The zero-order chi connectivity index (χ0) is 17.8. The minimum Gasteiger partial charge on any atom is -0.342 e. The van der Waals surface area contributed by atoms with Crippen LogP contribution in [0.2, 0.25) is 0 Å². The summed E-state index contributed by atoms with van der Waals surface area (Å²) < 4.78 is 2.08. The number of likely N-dealkylation sites (tertiary alicyclic amines) is 2. The molecule has 2 fully saturated rings. The molecule has 0 aliphatic carbocycles. The van der Waals surface area contributed by atoms with E-state index in [1.165, 1.54) is 32.5 Å². The van der Waals surface area contributed by atoms with Gasteiger partial charge in [0.05, 0.1) is 6.42 Å². The number of benzene rings is 1. The van der Waals surface area contributed by atoms with Crippen LogP contribution in [0.15, 0.2) is 48.8 Å². The highest BCUT2D eigenvalue weighted by Crippen LogP contribution is 2.21. The number of piperidine rings is 1. The van der Waals surface area contributed by atoms with E-state index in [9.17, 15) is 4.79 Å². The van der Waals surface area contributed by atoms with Gasteiger partial charge in [0.25, 0.3) is 0 Å². The summed E-state index contributed by atoms with van der Waals surface area (Å²) in [5.74, 6) is 1.05. The van der Waals surface area contributed by atoms with E-state index in [0.29, 0.717) is 6.42 Å². The van der Waals surface area contributed by atoms with E-state index in [2.05, 4.69) is 38.6 Å². The number of aromatic nitrogens is 1. The number of hydrogen-bond acceptors (Lipinski definition) is 2. The molecule has 26 heavy (non-hydrogen) atoms. The number of rotatable bonds is 5. The molecule has 0 spiro atoms. The number of carbonyl (C=O) groups is 1. The zero-order valence-electron chi connectivity index (χ0n) is 15.5. The molecule has 0 radical (unpaired) electrons. The first-order valence-corrected chi connectivity index (χ1v) is 10.0. The molecule has 2 aliphatic heterocycles. The maximum absolute atomic E-state index is 12.6. The van der Waals surface area contributed by atoms with Gasteiger partial charge in [0, 0.05) is 37.7 Å². The predicted molar refractivity (Wildman–Crippen MR) is 104 cm³/mol. The highest BCUT2D eigenvalue weighted by Gasteiger charge is 2.25. The van der Waals surface area contributed by atoms with Crippen LogP contribution in [0.5, 0.6) is 0 Å². The van der Waals surface area contributed by atoms with Gasteiger partial charge in [0.1, 0.15) is 0 Å². The van der Waals surface area contributed by atoms with Crippen molar-refractivity contribution in [2.24, 2.45) is 5.92 Å². The minimum atomic E-state index is 0.276. The number of hydrogen-bond donors (Lipinski definition) is 0. The van der Waals surface area contributed by atoms with Crippen LogP contribution in [0.4, 0.5) is 0 Å². The molecular weight excluding hydrogens is 322 g/mol. The molecule has 4 nitrogen and oxygen atoms in total. The van der Waals surface area contributed by atoms with Gasteiger partial charge in [-0.15, -0.1) is 0 Å². The van der Waals surface area contributed by atoms with E-state index < -0.39 is 0 Å². The molecule has 0 atom stereocenters. The second kappa shape index (κ2) is 8.09. The van der Waals surface area contributed by atoms with Crippen LogP contribution in [0.3, 0.4) is 0 Å². The highest BCUT2D eigenvalue weighted by molar-refractivity contribution is 5.78. The Labute approximate surface area is 156 Å². The van der Waals surface area contributed by atoms with Gasteiger partial charge in [0.15, 0.2) is 0 Å². The van der Waals surface area contributed by atoms with Crippen molar-refractivity contribution in [3.8, 4) is 5.69 Å². The Balaban J connectivity index is 1.26. The third kappa shape index (κ3) is 4.18. The molecule has 2 aliphatic rings. The Morgan fingerprint density at radius 2 is 1.58 bits per heavy atom. The molecule has 1 aromatic heterocycles. The van der Waals surface area contributed by atoms with Gasteiger partial charge in [-0.05, 0) is 74.5 Å². The van der Waals surface area contributed by atoms with Gasteiger partial charge < -0.3 is 14.4 Å². The van der Waals surface area contributed by atoms with Gasteiger partial charge in [-0.25, -0.2) is 0 Å². The maximum atomic E-state index is 12.6. The summed E-state index contributed by atoms with van der Waals surface area (Å²) >= 11 is 0. The lowest BCUT2D eigenvalue weighted by molar-refractivity contribution is -0.131. The van der Waals surface area contributed by atoms with Crippen LogP contribution in [0, 0.1) is 5.92 Å².